The molecule has 0 aromatic rings. The largest absolute Gasteiger partial charge is 0.349 e. The Morgan fingerprint density at radius 3 is 1.82 bits per heavy atom. The predicted octanol–water partition coefficient (Wildman–Crippen LogP) is 4.25. The summed E-state index contributed by atoms with van der Waals surface area (Å²) in [4.78, 5) is 0. The van der Waals surface area contributed by atoms with Gasteiger partial charge in [0.15, 0.2) is 5.79 Å². The van der Waals surface area contributed by atoms with Gasteiger partial charge in [-0.05, 0) is 25.7 Å². The van der Waals surface area contributed by atoms with Crippen molar-refractivity contribution in [2.45, 2.75) is 50.7 Å². The maximum Gasteiger partial charge on any atom is 0.168 e. The first-order valence-corrected chi connectivity index (χ1v) is 8.88. The minimum absolute atomic E-state index is 0.218. The fourth-order valence-corrected chi connectivity index (χ4v) is 4.53. The summed E-state index contributed by atoms with van der Waals surface area (Å²) in [5.41, 5.74) is 0.218. The normalized spacial score (nSPS) is 27.2. The van der Waals surface area contributed by atoms with Crippen LogP contribution in [0.25, 0.3) is 0 Å². The number of hydrogen-bond acceptors (Lipinski definition) is 2. The highest BCUT2D eigenvalue weighted by molar-refractivity contribution is 9.09. The number of ether oxygens (including phenoxy) is 2. The van der Waals surface area contributed by atoms with Crippen LogP contribution in [0.5, 0.6) is 0 Å². The van der Waals surface area contributed by atoms with E-state index in [0.717, 1.165) is 49.6 Å². The first-order valence-electron chi connectivity index (χ1n) is 6.64. The molecule has 0 amide bonds. The summed E-state index contributed by atoms with van der Waals surface area (Å²) in [7, 11) is 0. The van der Waals surface area contributed by atoms with Crippen LogP contribution in [0.4, 0.5) is 0 Å². The molecule has 0 unspecified atom stereocenters. The molecule has 0 N–H and O–H groups in total. The molecule has 1 saturated heterocycles. The molecule has 1 heterocycles. The molecule has 1 saturated carbocycles. The maximum absolute atomic E-state index is 6.16. The van der Waals surface area contributed by atoms with Gasteiger partial charge >= 0.3 is 0 Å². The monoisotopic (exact) mass is 368 g/mol. The van der Waals surface area contributed by atoms with E-state index < -0.39 is 0 Å². The lowest BCUT2D eigenvalue weighted by molar-refractivity contribution is -0.315. The molecule has 0 bridgehead atoms. The van der Waals surface area contributed by atoms with Crippen molar-refractivity contribution in [1.82, 2.24) is 0 Å². The first kappa shape index (κ1) is 14.3. The summed E-state index contributed by atoms with van der Waals surface area (Å²) >= 11 is 7.10. The van der Waals surface area contributed by atoms with E-state index in [1.807, 2.05) is 0 Å². The van der Waals surface area contributed by atoms with Gasteiger partial charge in [-0.15, -0.1) is 0 Å². The number of hydrogen-bond donors (Lipinski definition) is 0. The molecule has 0 aromatic heterocycles. The van der Waals surface area contributed by atoms with Crippen LogP contribution >= 0.6 is 31.9 Å². The molecule has 2 rings (SSSR count). The summed E-state index contributed by atoms with van der Waals surface area (Å²) < 4.78 is 12.3. The molecule has 0 aromatic carbocycles. The SMILES string of the molecule is BrCCC1(CCBr)COC2(CCCCC2)OC1. The van der Waals surface area contributed by atoms with Crippen LogP contribution in [0.1, 0.15) is 44.9 Å². The van der Waals surface area contributed by atoms with Gasteiger partial charge in [-0.25, -0.2) is 0 Å². The van der Waals surface area contributed by atoms with E-state index >= 15 is 0 Å². The lowest BCUT2D eigenvalue weighted by Crippen LogP contribution is -2.50. The quantitative estimate of drug-likeness (QED) is 0.689. The lowest BCUT2D eigenvalue weighted by atomic mass is 9.82. The van der Waals surface area contributed by atoms with Crippen LogP contribution in [0.3, 0.4) is 0 Å². The molecule has 17 heavy (non-hydrogen) atoms. The third-order valence-electron chi connectivity index (χ3n) is 4.15. The van der Waals surface area contributed by atoms with Crippen molar-refractivity contribution in [3.63, 3.8) is 0 Å². The highest BCUT2D eigenvalue weighted by Gasteiger charge is 2.44. The van der Waals surface area contributed by atoms with Gasteiger partial charge in [0.25, 0.3) is 0 Å². The Morgan fingerprint density at radius 1 is 0.824 bits per heavy atom. The Balaban J connectivity index is 1.94. The smallest absolute Gasteiger partial charge is 0.168 e. The Bertz CT molecular complexity index is 222. The minimum Gasteiger partial charge on any atom is -0.349 e. The van der Waals surface area contributed by atoms with Gasteiger partial charge in [0, 0.05) is 28.9 Å². The summed E-state index contributed by atoms with van der Waals surface area (Å²) in [5.74, 6) is -0.222. The van der Waals surface area contributed by atoms with Crippen LogP contribution in [-0.4, -0.2) is 29.7 Å². The molecule has 0 radical (unpaired) electrons. The zero-order valence-corrected chi connectivity index (χ0v) is 13.5. The Kier molecular flexibility index (Phi) is 5.34. The molecule has 1 aliphatic heterocycles. The molecule has 100 valence electrons. The summed E-state index contributed by atoms with van der Waals surface area (Å²) in [6, 6.07) is 0. The van der Waals surface area contributed by atoms with E-state index in [0.29, 0.717) is 0 Å². The molecule has 1 aliphatic carbocycles. The maximum atomic E-state index is 6.16. The van der Waals surface area contributed by atoms with Crippen molar-refractivity contribution in [2.24, 2.45) is 5.41 Å². The Morgan fingerprint density at radius 2 is 1.35 bits per heavy atom. The van der Waals surface area contributed by atoms with E-state index in [-0.39, 0.29) is 11.2 Å². The van der Waals surface area contributed by atoms with E-state index in [9.17, 15) is 0 Å². The van der Waals surface area contributed by atoms with Gasteiger partial charge < -0.3 is 9.47 Å². The zero-order valence-electron chi connectivity index (χ0n) is 10.4. The number of halogens is 2. The van der Waals surface area contributed by atoms with E-state index in [2.05, 4.69) is 31.9 Å². The lowest BCUT2D eigenvalue weighted by Gasteiger charge is -2.47. The van der Waals surface area contributed by atoms with Crippen LogP contribution < -0.4 is 0 Å². The first-order chi connectivity index (χ1) is 8.24. The van der Waals surface area contributed by atoms with Gasteiger partial charge in [-0.1, -0.05) is 38.3 Å². The highest BCUT2D eigenvalue weighted by Crippen LogP contribution is 2.42. The predicted molar refractivity (Wildman–Crippen MR) is 77.0 cm³/mol. The van der Waals surface area contributed by atoms with Gasteiger partial charge in [0.05, 0.1) is 13.2 Å². The van der Waals surface area contributed by atoms with Crippen LogP contribution in [0.15, 0.2) is 0 Å². The van der Waals surface area contributed by atoms with E-state index in [1.165, 1.54) is 19.3 Å². The van der Waals surface area contributed by atoms with Crippen molar-refractivity contribution in [2.75, 3.05) is 23.9 Å². The molecular weight excluding hydrogens is 348 g/mol. The summed E-state index contributed by atoms with van der Waals surface area (Å²) in [6.07, 6.45) is 8.29. The summed E-state index contributed by atoms with van der Waals surface area (Å²) in [5, 5.41) is 2.05. The number of rotatable bonds is 4. The molecular formula is C13H22Br2O2. The van der Waals surface area contributed by atoms with Crippen molar-refractivity contribution in [3.05, 3.63) is 0 Å². The van der Waals surface area contributed by atoms with Gasteiger partial charge in [-0.3, -0.25) is 0 Å². The van der Waals surface area contributed by atoms with Crippen LogP contribution in [0, 0.1) is 5.41 Å². The fourth-order valence-electron chi connectivity index (χ4n) is 2.85. The number of alkyl halides is 2. The second-order valence-corrected chi connectivity index (χ2v) is 7.01. The van der Waals surface area contributed by atoms with Crippen molar-refractivity contribution in [3.8, 4) is 0 Å². The average Bonchev–Trinajstić information content (AvgIpc) is 2.36. The molecule has 2 fully saturated rings. The van der Waals surface area contributed by atoms with Gasteiger partial charge in [-0.2, -0.15) is 0 Å². The van der Waals surface area contributed by atoms with Gasteiger partial charge in [0.2, 0.25) is 0 Å². The molecule has 1 spiro atoms. The molecule has 2 aliphatic rings. The molecule has 0 atom stereocenters. The van der Waals surface area contributed by atoms with Crippen LogP contribution in [-0.2, 0) is 9.47 Å². The average molecular weight is 370 g/mol. The van der Waals surface area contributed by atoms with E-state index in [1.54, 1.807) is 0 Å². The second kappa shape index (κ2) is 6.36. The topological polar surface area (TPSA) is 18.5 Å². The molecule has 4 heteroatoms. The van der Waals surface area contributed by atoms with Crippen molar-refractivity contribution < 1.29 is 9.47 Å². The van der Waals surface area contributed by atoms with Crippen molar-refractivity contribution >= 4 is 31.9 Å². The second-order valence-electron chi connectivity index (χ2n) is 5.43. The Labute approximate surface area is 121 Å². The Hall–Kier alpha value is 0.880. The summed E-state index contributed by atoms with van der Waals surface area (Å²) in [6.45, 7) is 1.73. The zero-order chi connectivity index (χ0) is 12.2. The third-order valence-corrected chi connectivity index (χ3v) is 4.94. The van der Waals surface area contributed by atoms with Crippen molar-refractivity contribution in [1.29, 1.82) is 0 Å². The molecule has 2 nitrogen and oxygen atoms in total. The van der Waals surface area contributed by atoms with E-state index in [4.69, 9.17) is 9.47 Å². The standard InChI is InChI=1S/C13H22Br2O2/c14-8-6-12(7-9-15)10-16-13(17-11-12)4-2-1-3-5-13/h1-11H2. The van der Waals surface area contributed by atoms with Crippen LogP contribution in [0.2, 0.25) is 0 Å². The van der Waals surface area contributed by atoms with Gasteiger partial charge in [0.1, 0.15) is 0 Å². The third kappa shape index (κ3) is 3.46. The highest BCUT2D eigenvalue weighted by atomic mass is 79.9. The fraction of sp³-hybridized carbons (Fsp3) is 1.00. The minimum atomic E-state index is -0.222.